The zero-order valence-corrected chi connectivity index (χ0v) is 24.9. The average Bonchev–Trinajstić information content (AvgIpc) is 3.63. The summed E-state index contributed by atoms with van der Waals surface area (Å²) < 4.78 is 63.3. The number of nitrogens with zero attached hydrogens (tertiary/aromatic N) is 4. The van der Waals surface area contributed by atoms with Crippen molar-refractivity contribution in [3.63, 3.8) is 0 Å². The van der Waals surface area contributed by atoms with Crippen molar-refractivity contribution in [2.75, 3.05) is 13.2 Å². The molecule has 1 fully saturated rings. The van der Waals surface area contributed by atoms with Crippen molar-refractivity contribution in [3.8, 4) is 0 Å². The number of carbonyl (C=O) groups is 1. The van der Waals surface area contributed by atoms with Crippen molar-refractivity contribution < 1.29 is 32.2 Å². The van der Waals surface area contributed by atoms with Gasteiger partial charge in [-0.3, -0.25) is 0 Å². The fraction of sp³-hybridized carbons (Fsp3) is 0.531. The lowest BCUT2D eigenvalue weighted by atomic mass is 9.88. The third-order valence-electron chi connectivity index (χ3n) is 8.73. The number of halogens is 3. The molecule has 0 bridgehead atoms. The summed E-state index contributed by atoms with van der Waals surface area (Å²) in [4.78, 5) is 23.1. The maximum Gasteiger partial charge on any atom is 0.410 e. The lowest BCUT2D eigenvalue weighted by Crippen LogP contribution is -2.37. The Kier molecular flexibility index (Phi) is 7.97. The molecule has 0 N–H and O–H groups in total. The van der Waals surface area contributed by atoms with Gasteiger partial charge >= 0.3 is 6.09 Å². The number of benzene rings is 1. The molecular formula is C32H37F3N4O4. The van der Waals surface area contributed by atoms with Gasteiger partial charge in [0.05, 0.1) is 23.9 Å². The van der Waals surface area contributed by atoms with E-state index < -0.39 is 29.7 Å². The molecule has 6 rings (SSSR count). The highest BCUT2D eigenvalue weighted by Gasteiger charge is 2.50. The number of hydrogen-bond acceptors (Lipinski definition) is 6. The van der Waals surface area contributed by atoms with Crippen molar-refractivity contribution >= 4 is 17.1 Å². The molecule has 4 heterocycles. The van der Waals surface area contributed by atoms with E-state index in [1.165, 1.54) is 11.0 Å². The maximum atomic E-state index is 15.3. The number of rotatable bonds is 8. The fourth-order valence-corrected chi connectivity index (χ4v) is 6.56. The predicted octanol–water partition coefficient (Wildman–Crippen LogP) is 6.75. The predicted molar refractivity (Wildman–Crippen MR) is 153 cm³/mol. The van der Waals surface area contributed by atoms with Crippen molar-refractivity contribution in [2.24, 2.45) is 0 Å². The van der Waals surface area contributed by atoms with E-state index in [0.717, 1.165) is 35.1 Å². The molecule has 2 aromatic heterocycles. The zero-order valence-electron chi connectivity index (χ0n) is 24.9. The van der Waals surface area contributed by atoms with E-state index in [2.05, 4.69) is 20.6 Å². The van der Waals surface area contributed by atoms with Gasteiger partial charge in [-0.2, -0.15) is 0 Å². The number of fused-ring (bicyclic) bond motifs is 3. The molecule has 11 heteroatoms. The third-order valence-corrected chi connectivity index (χ3v) is 8.73. The van der Waals surface area contributed by atoms with Crippen LogP contribution in [0.2, 0.25) is 0 Å². The van der Waals surface area contributed by atoms with Crippen LogP contribution in [0.25, 0.3) is 11.0 Å². The highest BCUT2D eigenvalue weighted by molar-refractivity contribution is 5.78. The molecule has 230 valence electrons. The average molecular weight is 599 g/mol. The number of alkyl halides is 2. The van der Waals surface area contributed by atoms with Gasteiger partial charge in [0.15, 0.2) is 5.79 Å². The van der Waals surface area contributed by atoms with Crippen LogP contribution in [0.15, 0.2) is 36.3 Å². The Balaban J connectivity index is 1.30. The first-order valence-corrected chi connectivity index (χ1v) is 14.9. The van der Waals surface area contributed by atoms with E-state index in [-0.39, 0.29) is 43.3 Å². The quantitative estimate of drug-likeness (QED) is 0.211. The van der Waals surface area contributed by atoms with E-state index in [9.17, 15) is 13.6 Å². The van der Waals surface area contributed by atoms with E-state index in [1.54, 1.807) is 6.33 Å². The van der Waals surface area contributed by atoms with Gasteiger partial charge in [0.2, 0.25) is 0 Å². The van der Waals surface area contributed by atoms with Gasteiger partial charge in [0.1, 0.15) is 30.0 Å². The van der Waals surface area contributed by atoms with Crippen LogP contribution in [0.5, 0.6) is 0 Å². The van der Waals surface area contributed by atoms with Gasteiger partial charge in [0.25, 0.3) is 6.43 Å². The zero-order chi connectivity index (χ0) is 30.5. The number of unbranched alkanes of at least 4 members (excludes halogenated alkanes) is 1. The Morgan fingerprint density at radius 2 is 2.02 bits per heavy atom. The highest BCUT2D eigenvalue weighted by Crippen LogP contribution is 2.45. The van der Waals surface area contributed by atoms with E-state index >= 15 is 4.39 Å². The molecular weight excluding hydrogens is 561 g/mol. The molecule has 1 aromatic carbocycles. The first-order chi connectivity index (χ1) is 20.6. The van der Waals surface area contributed by atoms with Gasteiger partial charge in [-0.25, -0.2) is 27.9 Å². The van der Waals surface area contributed by atoms with Crippen molar-refractivity contribution in [3.05, 3.63) is 70.1 Å². The van der Waals surface area contributed by atoms with Crippen LogP contribution in [-0.4, -0.2) is 56.7 Å². The number of aromatic nitrogens is 3. The minimum Gasteiger partial charge on any atom is -0.449 e. The van der Waals surface area contributed by atoms with Crippen molar-refractivity contribution in [1.29, 1.82) is 0 Å². The van der Waals surface area contributed by atoms with Crippen LogP contribution in [0, 0.1) is 12.7 Å². The number of carbonyl (C=O) groups excluding carboxylic acids is 1. The van der Waals surface area contributed by atoms with Crippen LogP contribution in [-0.2, 0) is 33.6 Å². The number of aryl methyl sites for hydroxylation is 2. The fourth-order valence-electron chi connectivity index (χ4n) is 6.56. The van der Waals surface area contributed by atoms with Gasteiger partial charge in [0, 0.05) is 24.7 Å². The van der Waals surface area contributed by atoms with Crippen LogP contribution in [0.3, 0.4) is 0 Å². The summed E-state index contributed by atoms with van der Waals surface area (Å²) in [6.45, 7) is 8.33. The minimum atomic E-state index is -2.94. The summed E-state index contributed by atoms with van der Waals surface area (Å²) >= 11 is 0. The van der Waals surface area contributed by atoms with Crippen LogP contribution >= 0.6 is 0 Å². The highest BCUT2D eigenvalue weighted by atomic mass is 19.3. The second kappa shape index (κ2) is 11.6. The van der Waals surface area contributed by atoms with E-state index in [0.29, 0.717) is 30.6 Å². The maximum absolute atomic E-state index is 15.3. The molecule has 3 aromatic rings. The van der Waals surface area contributed by atoms with Crippen LogP contribution in [0.1, 0.15) is 80.4 Å². The molecule has 0 radical (unpaired) electrons. The molecule has 3 atom stereocenters. The van der Waals surface area contributed by atoms with E-state index in [1.807, 2.05) is 40.0 Å². The molecule has 0 saturated carbocycles. The summed E-state index contributed by atoms with van der Waals surface area (Å²) in [5, 5.41) is 0.953. The molecule has 0 unspecified atom stereocenters. The Bertz CT molecular complexity index is 1570. The molecule has 1 saturated heterocycles. The first kappa shape index (κ1) is 29.6. The normalized spacial score (nSPS) is 22.7. The standard InChI is InChI=1S/C32H37F3N4O4/c1-5-6-13-41-31(40)38-11-9-22-24(16-38)19(14-23(26(22)33)29(34)35)7-8-20-15-25(28-27(20)42-32(3,4)43-28)39-12-10-21-18(2)36-17-37-30(21)39/h10,12,14-15,17,25,27-29H,5-9,11,13,16H2,1-4H3/t25-,27-,28+/m1/s1. The van der Waals surface area contributed by atoms with Gasteiger partial charge in [-0.15, -0.1) is 0 Å². The van der Waals surface area contributed by atoms with Crippen LogP contribution in [0.4, 0.5) is 18.0 Å². The van der Waals surface area contributed by atoms with Gasteiger partial charge in [-0.05, 0) is 80.9 Å². The summed E-state index contributed by atoms with van der Waals surface area (Å²) in [6, 6.07) is 3.06. The summed E-state index contributed by atoms with van der Waals surface area (Å²) in [6.07, 6.45) is 4.24. The lowest BCUT2D eigenvalue weighted by molar-refractivity contribution is -0.147. The van der Waals surface area contributed by atoms with Gasteiger partial charge in [-0.1, -0.05) is 19.4 Å². The SMILES string of the molecule is CCCCOC(=O)N1CCc2c(F)c(C(F)F)cc(CCC3=C[C@@H](n4ccc5c(C)ncnc54)[C@@H]4OC(C)(C)O[C@H]34)c2C1. The number of amides is 1. The largest absolute Gasteiger partial charge is 0.449 e. The second-order valence-electron chi connectivity index (χ2n) is 12.0. The Labute approximate surface area is 248 Å². The Morgan fingerprint density at radius 3 is 2.79 bits per heavy atom. The second-order valence-corrected chi connectivity index (χ2v) is 12.0. The monoisotopic (exact) mass is 598 g/mol. The third kappa shape index (κ3) is 5.53. The molecule has 8 nitrogen and oxygen atoms in total. The Hall–Kier alpha value is -3.44. The molecule has 1 amide bonds. The summed E-state index contributed by atoms with van der Waals surface area (Å²) in [5.41, 5.74) is 3.51. The van der Waals surface area contributed by atoms with E-state index in [4.69, 9.17) is 14.2 Å². The topological polar surface area (TPSA) is 78.7 Å². The number of hydrogen-bond donors (Lipinski definition) is 0. The number of ether oxygens (including phenoxy) is 3. The van der Waals surface area contributed by atoms with Gasteiger partial charge < -0.3 is 23.7 Å². The molecule has 0 spiro atoms. The smallest absolute Gasteiger partial charge is 0.410 e. The summed E-state index contributed by atoms with van der Waals surface area (Å²) in [7, 11) is 0. The van der Waals surface area contributed by atoms with Crippen LogP contribution < -0.4 is 0 Å². The van der Waals surface area contributed by atoms with Crippen molar-refractivity contribution in [2.45, 2.75) is 96.8 Å². The molecule has 3 aliphatic rings. The Morgan fingerprint density at radius 1 is 1.21 bits per heavy atom. The molecule has 2 aliphatic heterocycles. The molecule has 1 aliphatic carbocycles. The molecule has 43 heavy (non-hydrogen) atoms. The first-order valence-electron chi connectivity index (χ1n) is 14.9. The minimum absolute atomic E-state index is 0.116. The summed E-state index contributed by atoms with van der Waals surface area (Å²) in [5.74, 6) is -1.68. The lowest BCUT2D eigenvalue weighted by Gasteiger charge is -2.31. The van der Waals surface area contributed by atoms with Crippen molar-refractivity contribution in [1.82, 2.24) is 19.4 Å².